The van der Waals surface area contributed by atoms with Crippen molar-refractivity contribution in [3.8, 4) is 0 Å². The standard InChI is InChI=1S/C28H41N3O2/c1-19(2)25(30-27(33)28-15-21-12-22(16-28)14-23(13-21)17-28)26(32)29-24-8-10-31(11-9-24)18-20-6-4-3-5-7-20/h3-7,19,21-25H,8-18H2,1-2H3,(H,29,32)(H,30,33)/t21?,22?,23?,25-,28?/m1/s1. The normalized spacial score (nSPS) is 32.6. The zero-order valence-electron chi connectivity index (χ0n) is 20.4. The fourth-order valence-corrected chi connectivity index (χ4v) is 7.59. The van der Waals surface area contributed by atoms with Crippen LogP contribution in [0.15, 0.2) is 30.3 Å². The van der Waals surface area contributed by atoms with Gasteiger partial charge in [-0.1, -0.05) is 44.2 Å². The van der Waals surface area contributed by atoms with Crippen LogP contribution in [0.2, 0.25) is 0 Å². The largest absolute Gasteiger partial charge is 0.351 e. The van der Waals surface area contributed by atoms with Gasteiger partial charge in [-0.2, -0.15) is 0 Å². The fourth-order valence-electron chi connectivity index (χ4n) is 7.59. The van der Waals surface area contributed by atoms with Gasteiger partial charge in [0.25, 0.3) is 0 Å². The van der Waals surface area contributed by atoms with E-state index in [0.717, 1.165) is 69.5 Å². The second kappa shape index (κ2) is 9.40. The maximum absolute atomic E-state index is 13.5. The third kappa shape index (κ3) is 4.99. The van der Waals surface area contributed by atoms with Crippen LogP contribution in [0.5, 0.6) is 0 Å². The third-order valence-electron chi connectivity index (χ3n) is 8.94. The number of likely N-dealkylation sites (tertiary alicyclic amines) is 1. The molecule has 2 amide bonds. The molecule has 6 rings (SSSR count). The molecule has 4 saturated carbocycles. The van der Waals surface area contributed by atoms with Gasteiger partial charge in [0.2, 0.25) is 11.8 Å². The Labute approximate surface area is 199 Å². The highest BCUT2D eigenvalue weighted by molar-refractivity contribution is 5.90. The Morgan fingerprint density at radius 2 is 1.55 bits per heavy atom. The van der Waals surface area contributed by atoms with E-state index in [0.29, 0.717) is 0 Å². The number of amides is 2. The molecular weight excluding hydrogens is 410 g/mol. The van der Waals surface area contributed by atoms with Crippen LogP contribution in [0.1, 0.15) is 70.8 Å². The lowest BCUT2D eigenvalue weighted by Crippen LogP contribution is -2.59. The summed E-state index contributed by atoms with van der Waals surface area (Å²) in [4.78, 5) is 29.2. The molecule has 4 bridgehead atoms. The number of carbonyl (C=O) groups excluding carboxylic acids is 2. The minimum Gasteiger partial charge on any atom is -0.351 e. The average molecular weight is 452 g/mol. The quantitative estimate of drug-likeness (QED) is 0.655. The molecule has 1 atom stereocenters. The molecule has 1 aromatic carbocycles. The second-order valence-electron chi connectivity index (χ2n) is 11.9. The molecule has 5 heteroatoms. The van der Waals surface area contributed by atoms with Gasteiger partial charge in [0.05, 0.1) is 0 Å². The molecule has 0 unspecified atom stereocenters. The van der Waals surface area contributed by atoms with Crippen molar-refractivity contribution in [3.63, 3.8) is 0 Å². The molecule has 1 aliphatic heterocycles. The van der Waals surface area contributed by atoms with Gasteiger partial charge in [0.1, 0.15) is 6.04 Å². The van der Waals surface area contributed by atoms with Crippen molar-refractivity contribution in [1.29, 1.82) is 0 Å². The third-order valence-corrected chi connectivity index (χ3v) is 8.94. The maximum Gasteiger partial charge on any atom is 0.243 e. The van der Waals surface area contributed by atoms with Gasteiger partial charge in [-0.05, 0) is 80.6 Å². The van der Waals surface area contributed by atoms with Crippen LogP contribution in [-0.4, -0.2) is 41.9 Å². The van der Waals surface area contributed by atoms with E-state index in [1.807, 2.05) is 13.8 Å². The zero-order chi connectivity index (χ0) is 23.0. The minimum atomic E-state index is -0.437. The summed E-state index contributed by atoms with van der Waals surface area (Å²) in [5, 5.41) is 6.53. The number of carbonyl (C=O) groups is 2. The van der Waals surface area contributed by atoms with Crippen LogP contribution >= 0.6 is 0 Å². The predicted molar refractivity (Wildman–Crippen MR) is 130 cm³/mol. The van der Waals surface area contributed by atoms with Gasteiger partial charge in [0.15, 0.2) is 0 Å². The molecule has 0 spiro atoms. The molecule has 33 heavy (non-hydrogen) atoms. The first-order valence-corrected chi connectivity index (χ1v) is 13.3. The molecular formula is C28H41N3O2. The molecule has 1 heterocycles. The molecule has 4 aliphatic carbocycles. The summed E-state index contributed by atoms with van der Waals surface area (Å²) in [5.41, 5.74) is 1.14. The van der Waals surface area contributed by atoms with E-state index in [4.69, 9.17) is 0 Å². The number of benzene rings is 1. The van der Waals surface area contributed by atoms with Gasteiger partial charge in [-0.15, -0.1) is 0 Å². The summed E-state index contributed by atoms with van der Waals surface area (Å²) in [7, 11) is 0. The van der Waals surface area contributed by atoms with Crippen LogP contribution in [0, 0.1) is 29.1 Å². The molecule has 0 aromatic heterocycles. The second-order valence-corrected chi connectivity index (χ2v) is 11.9. The van der Waals surface area contributed by atoms with Gasteiger partial charge in [-0.25, -0.2) is 0 Å². The van der Waals surface area contributed by atoms with Crippen molar-refractivity contribution in [1.82, 2.24) is 15.5 Å². The summed E-state index contributed by atoms with van der Waals surface area (Å²) in [6.07, 6.45) is 9.01. The van der Waals surface area contributed by atoms with Crippen molar-refractivity contribution >= 4 is 11.8 Å². The zero-order valence-corrected chi connectivity index (χ0v) is 20.4. The smallest absolute Gasteiger partial charge is 0.243 e. The summed E-state index contributed by atoms with van der Waals surface area (Å²) in [6, 6.07) is 10.3. The van der Waals surface area contributed by atoms with E-state index >= 15 is 0 Å². The van der Waals surface area contributed by atoms with E-state index in [1.165, 1.54) is 24.8 Å². The van der Waals surface area contributed by atoms with E-state index in [1.54, 1.807) is 0 Å². The summed E-state index contributed by atoms with van der Waals surface area (Å²) >= 11 is 0. The molecule has 5 nitrogen and oxygen atoms in total. The Kier molecular flexibility index (Phi) is 6.52. The minimum absolute atomic E-state index is 0.00425. The highest BCUT2D eigenvalue weighted by Gasteiger charge is 2.55. The maximum atomic E-state index is 13.5. The van der Waals surface area contributed by atoms with Crippen molar-refractivity contribution in [2.45, 2.75) is 83.8 Å². The summed E-state index contributed by atoms with van der Waals surface area (Å²) < 4.78 is 0. The van der Waals surface area contributed by atoms with Gasteiger partial charge < -0.3 is 10.6 Å². The highest BCUT2D eigenvalue weighted by atomic mass is 16.2. The summed E-state index contributed by atoms with van der Waals surface area (Å²) in [5.74, 6) is 2.44. The monoisotopic (exact) mass is 451 g/mol. The van der Waals surface area contributed by atoms with Crippen LogP contribution < -0.4 is 10.6 Å². The van der Waals surface area contributed by atoms with E-state index < -0.39 is 6.04 Å². The Bertz CT molecular complexity index is 809. The molecule has 180 valence electrons. The SMILES string of the molecule is CC(C)[C@@H](NC(=O)C12CC3CC(CC(C3)C1)C2)C(=O)NC1CCN(Cc2ccccc2)CC1. The topological polar surface area (TPSA) is 61.4 Å². The highest BCUT2D eigenvalue weighted by Crippen LogP contribution is 2.60. The number of nitrogens with one attached hydrogen (secondary N) is 2. The number of hydrogen-bond acceptors (Lipinski definition) is 3. The predicted octanol–water partition coefficient (Wildman–Crippen LogP) is 4.12. The Morgan fingerprint density at radius 3 is 2.09 bits per heavy atom. The summed E-state index contributed by atoms with van der Waals surface area (Å²) in [6.45, 7) is 7.05. The van der Waals surface area contributed by atoms with Crippen molar-refractivity contribution in [3.05, 3.63) is 35.9 Å². The van der Waals surface area contributed by atoms with E-state index in [9.17, 15) is 9.59 Å². The number of piperidine rings is 1. The average Bonchev–Trinajstić information content (AvgIpc) is 2.78. The molecule has 0 radical (unpaired) electrons. The first-order valence-electron chi connectivity index (χ1n) is 13.3. The lowest BCUT2D eigenvalue weighted by Gasteiger charge is -2.55. The first kappa shape index (κ1) is 22.9. The van der Waals surface area contributed by atoms with Crippen LogP contribution in [-0.2, 0) is 16.1 Å². The fraction of sp³-hybridized carbons (Fsp3) is 0.714. The Balaban J connectivity index is 1.14. The molecule has 5 aliphatic rings. The lowest BCUT2D eigenvalue weighted by atomic mass is 9.49. The lowest BCUT2D eigenvalue weighted by molar-refractivity contribution is -0.149. The molecule has 5 fully saturated rings. The van der Waals surface area contributed by atoms with Gasteiger partial charge in [0, 0.05) is 31.1 Å². The molecule has 1 saturated heterocycles. The van der Waals surface area contributed by atoms with Crippen molar-refractivity contribution < 1.29 is 9.59 Å². The van der Waals surface area contributed by atoms with Crippen molar-refractivity contribution in [2.75, 3.05) is 13.1 Å². The Hall–Kier alpha value is -1.88. The molecule has 2 N–H and O–H groups in total. The molecule has 1 aromatic rings. The number of rotatable bonds is 7. The van der Waals surface area contributed by atoms with E-state index in [-0.39, 0.29) is 29.2 Å². The number of nitrogens with zero attached hydrogens (tertiary/aromatic N) is 1. The van der Waals surface area contributed by atoms with Crippen LogP contribution in [0.3, 0.4) is 0 Å². The van der Waals surface area contributed by atoms with Crippen LogP contribution in [0.4, 0.5) is 0 Å². The van der Waals surface area contributed by atoms with Crippen molar-refractivity contribution in [2.24, 2.45) is 29.1 Å². The van der Waals surface area contributed by atoms with Gasteiger partial charge in [-0.3, -0.25) is 14.5 Å². The first-order chi connectivity index (χ1) is 15.9. The van der Waals surface area contributed by atoms with Gasteiger partial charge >= 0.3 is 0 Å². The van der Waals surface area contributed by atoms with Crippen LogP contribution in [0.25, 0.3) is 0 Å². The Morgan fingerprint density at radius 1 is 0.970 bits per heavy atom. The number of hydrogen-bond donors (Lipinski definition) is 2. The van der Waals surface area contributed by atoms with E-state index in [2.05, 4.69) is 45.9 Å².